The van der Waals surface area contributed by atoms with E-state index in [-0.39, 0.29) is 6.29 Å². The molecule has 1 aliphatic rings. The summed E-state index contributed by atoms with van der Waals surface area (Å²) in [5.41, 5.74) is 0. The van der Waals surface area contributed by atoms with Gasteiger partial charge in [0.05, 0.1) is 18.6 Å². The van der Waals surface area contributed by atoms with Crippen LogP contribution in [0.3, 0.4) is 0 Å². The number of hydrogen-bond donors (Lipinski definition) is 0. The Morgan fingerprint density at radius 1 is 1.12 bits per heavy atom. The Bertz CT molecular complexity index is 465. The van der Waals surface area contributed by atoms with E-state index in [2.05, 4.69) is 24.1 Å². The highest BCUT2D eigenvalue weighted by Crippen LogP contribution is 2.22. The molecule has 0 atom stereocenters. The minimum Gasteiger partial charge on any atom is -0.466 e. The highest BCUT2D eigenvalue weighted by molar-refractivity contribution is 6.88. The quantitative estimate of drug-likeness (QED) is 0.477. The zero-order valence-electron chi connectivity index (χ0n) is 15.7. The second-order valence-electron chi connectivity index (χ2n) is 6.89. The van der Waals surface area contributed by atoms with Gasteiger partial charge in [-0.3, -0.25) is 4.90 Å². The maximum absolute atomic E-state index is 6.14. The first kappa shape index (κ1) is 19.7. The summed E-state index contributed by atoms with van der Waals surface area (Å²) in [7, 11) is -1.57. The van der Waals surface area contributed by atoms with Crippen LogP contribution in [0.5, 0.6) is 0 Å². The van der Waals surface area contributed by atoms with E-state index in [4.69, 9.17) is 18.6 Å². The van der Waals surface area contributed by atoms with Crippen LogP contribution in [0.15, 0.2) is 16.5 Å². The molecule has 6 heteroatoms. The van der Waals surface area contributed by atoms with Crippen molar-refractivity contribution in [3.8, 4) is 0 Å². The molecule has 0 aromatic carbocycles. The normalized spacial score (nSPS) is 16.9. The van der Waals surface area contributed by atoms with E-state index in [0.717, 1.165) is 44.0 Å². The number of ether oxygens (including phenoxy) is 3. The van der Waals surface area contributed by atoms with Crippen molar-refractivity contribution in [2.75, 3.05) is 46.1 Å². The van der Waals surface area contributed by atoms with E-state index in [1.165, 1.54) is 12.5 Å². The highest BCUT2D eigenvalue weighted by atomic mass is 28.3. The van der Waals surface area contributed by atoms with Gasteiger partial charge in [0, 0.05) is 26.3 Å². The van der Waals surface area contributed by atoms with Crippen LogP contribution in [-0.4, -0.2) is 59.0 Å². The van der Waals surface area contributed by atoms with Gasteiger partial charge in [-0.2, -0.15) is 0 Å². The molecule has 1 fully saturated rings. The summed E-state index contributed by atoms with van der Waals surface area (Å²) in [6.45, 7) is 15.0. The predicted molar refractivity (Wildman–Crippen MR) is 98.5 cm³/mol. The van der Waals surface area contributed by atoms with Crippen LogP contribution in [0.1, 0.15) is 32.3 Å². The summed E-state index contributed by atoms with van der Waals surface area (Å²) in [5.74, 6) is 0.794. The molecule has 24 heavy (non-hydrogen) atoms. The average Bonchev–Trinajstić information content (AvgIpc) is 3.06. The monoisotopic (exact) mass is 355 g/mol. The fourth-order valence-electron chi connectivity index (χ4n) is 3.05. The van der Waals surface area contributed by atoms with Crippen molar-refractivity contribution in [2.24, 2.45) is 0 Å². The molecule has 1 aromatic heterocycles. The molecule has 0 saturated carbocycles. The molecule has 5 nitrogen and oxygen atoms in total. The standard InChI is InChI=1S/C18H33NO4Si/c1-5-21-18(22-6-2)16-8-9-17(23-16)24(3,4)15-7-10-19-11-13-20-14-12-19/h8-9,18H,5-7,10-15H2,1-4H3. The summed E-state index contributed by atoms with van der Waals surface area (Å²) in [6, 6.07) is 5.37. The zero-order chi connectivity index (χ0) is 17.4. The number of morpholine rings is 1. The Kier molecular flexibility index (Phi) is 7.97. The van der Waals surface area contributed by atoms with Crippen LogP contribution in [0.2, 0.25) is 19.1 Å². The third-order valence-corrected chi connectivity index (χ3v) is 7.75. The summed E-state index contributed by atoms with van der Waals surface area (Å²) in [5, 5.41) is 1.14. The van der Waals surface area contributed by atoms with Gasteiger partial charge in [0.2, 0.25) is 6.29 Å². The molecular weight excluding hydrogens is 322 g/mol. The fourth-order valence-corrected chi connectivity index (χ4v) is 5.27. The molecule has 0 aliphatic carbocycles. The molecule has 0 amide bonds. The Morgan fingerprint density at radius 2 is 1.79 bits per heavy atom. The van der Waals surface area contributed by atoms with Crippen LogP contribution in [0.4, 0.5) is 0 Å². The maximum atomic E-state index is 6.14. The Hall–Kier alpha value is -0.663. The first-order chi connectivity index (χ1) is 11.6. The van der Waals surface area contributed by atoms with Crippen LogP contribution >= 0.6 is 0 Å². The topological polar surface area (TPSA) is 44.1 Å². The lowest BCUT2D eigenvalue weighted by molar-refractivity contribution is -0.150. The van der Waals surface area contributed by atoms with Gasteiger partial charge in [0.1, 0.15) is 8.07 Å². The second kappa shape index (κ2) is 9.72. The molecule has 0 N–H and O–H groups in total. The van der Waals surface area contributed by atoms with Gasteiger partial charge >= 0.3 is 0 Å². The molecule has 0 unspecified atom stereocenters. The van der Waals surface area contributed by atoms with Crippen molar-refractivity contribution >= 4 is 13.5 Å². The molecule has 2 heterocycles. The third-order valence-electron chi connectivity index (χ3n) is 4.54. The van der Waals surface area contributed by atoms with Crippen molar-refractivity contribution in [1.29, 1.82) is 0 Å². The molecule has 1 saturated heterocycles. The average molecular weight is 356 g/mol. The summed E-state index contributed by atoms with van der Waals surface area (Å²) >= 11 is 0. The molecule has 1 aromatic rings. The molecule has 138 valence electrons. The van der Waals surface area contributed by atoms with Crippen molar-refractivity contribution in [2.45, 2.75) is 45.7 Å². The first-order valence-electron chi connectivity index (χ1n) is 9.20. The van der Waals surface area contributed by atoms with Gasteiger partial charge in [-0.25, -0.2) is 0 Å². The van der Waals surface area contributed by atoms with E-state index in [0.29, 0.717) is 13.2 Å². The lowest BCUT2D eigenvalue weighted by atomic mass is 10.3. The van der Waals surface area contributed by atoms with Crippen molar-refractivity contribution in [1.82, 2.24) is 4.90 Å². The second-order valence-corrected chi connectivity index (χ2v) is 11.6. The van der Waals surface area contributed by atoms with Crippen LogP contribution < -0.4 is 5.38 Å². The van der Waals surface area contributed by atoms with Crippen molar-refractivity contribution in [3.63, 3.8) is 0 Å². The van der Waals surface area contributed by atoms with Gasteiger partial charge in [0.15, 0.2) is 5.76 Å². The summed E-state index contributed by atoms with van der Waals surface area (Å²) in [4.78, 5) is 2.50. The summed E-state index contributed by atoms with van der Waals surface area (Å²) in [6.07, 6.45) is 0.835. The largest absolute Gasteiger partial charge is 0.466 e. The molecule has 0 bridgehead atoms. The van der Waals surface area contributed by atoms with Crippen LogP contribution in [0.25, 0.3) is 0 Å². The third kappa shape index (κ3) is 5.70. The van der Waals surface area contributed by atoms with Gasteiger partial charge in [-0.05, 0) is 45.0 Å². The van der Waals surface area contributed by atoms with Gasteiger partial charge < -0.3 is 18.6 Å². The smallest absolute Gasteiger partial charge is 0.217 e. The fraction of sp³-hybridized carbons (Fsp3) is 0.778. The Balaban J connectivity index is 1.88. The van der Waals surface area contributed by atoms with Gasteiger partial charge in [-0.1, -0.05) is 13.1 Å². The molecule has 0 spiro atoms. The zero-order valence-corrected chi connectivity index (χ0v) is 16.7. The van der Waals surface area contributed by atoms with Crippen molar-refractivity contribution in [3.05, 3.63) is 17.9 Å². The van der Waals surface area contributed by atoms with E-state index in [1.54, 1.807) is 0 Å². The van der Waals surface area contributed by atoms with Crippen LogP contribution in [-0.2, 0) is 14.2 Å². The molecule has 2 rings (SSSR count). The van der Waals surface area contributed by atoms with E-state index in [9.17, 15) is 0 Å². The number of hydrogen-bond acceptors (Lipinski definition) is 5. The van der Waals surface area contributed by atoms with E-state index >= 15 is 0 Å². The van der Waals surface area contributed by atoms with E-state index in [1.807, 2.05) is 19.9 Å². The first-order valence-corrected chi connectivity index (χ1v) is 12.4. The number of rotatable bonds is 10. The predicted octanol–water partition coefficient (Wildman–Crippen LogP) is 2.99. The Morgan fingerprint density at radius 3 is 2.42 bits per heavy atom. The van der Waals surface area contributed by atoms with Gasteiger partial charge in [0.25, 0.3) is 0 Å². The highest BCUT2D eigenvalue weighted by Gasteiger charge is 2.29. The lowest BCUT2D eigenvalue weighted by Crippen LogP contribution is -2.42. The summed E-state index contributed by atoms with van der Waals surface area (Å²) < 4.78 is 22.8. The molecule has 0 radical (unpaired) electrons. The number of nitrogens with zero attached hydrogens (tertiary/aromatic N) is 1. The van der Waals surface area contributed by atoms with Crippen LogP contribution in [0, 0.1) is 0 Å². The van der Waals surface area contributed by atoms with Gasteiger partial charge in [-0.15, -0.1) is 0 Å². The molecular formula is C18H33NO4Si. The maximum Gasteiger partial charge on any atom is 0.217 e. The van der Waals surface area contributed by atoms with E-state index < -0.39 is 8.07 Å². The minimum atomic E-state index is -1.57. The number of furan rings is 1. The Labute approximate surface area is 147 Å². The van der Waals surface area contributed by atoms with Crippen molar-refractivity contribution < 1.29 is 18.6 Å². The minimum absolute atomic E-state index is 0.383. The lowest BCUT2D eigenvalue weighted by Gasteiger charge is -2.28. The molecule has 1 aliphatic heterocycles. The SMILES string of the molecule is CCOC(OCC)c1ccc([Si](C)(C)CCCN2CCOCC2)o1.